The quantitative estimate of drug-likeness (QED) is 0.822. The summed E-state index contributed by atoms with van der Waals surface area (Å²) in [6.07, 6.45) is 4.00. The molecule has 1 aliphatic carbocycles. The molecule has 0 aromatic rings. The third-order valence-corrected chi connectivity index (χ3v) is 4.92. The van der Waals surface area contributed by atoms with Crippen molar-refractivity contribution in [1.82, 2.24) is 4.90 Å². The summed E-state index contributed by atoms with van der Waals surface area (Å²) >= 11 is 0. The zero-order valence-electron chi connectivity index (χ0n) is 11.2. The van der Waals surface area contributed by atoms with Crippen LogP contribution in [-0.2, 0) is 4.79 Å². The summed E-state index contributed by atoms with van der Waals surface area (Å²) in [4.78, 5) is 13.4. The van der Waals surface area contributed by atoms with Crippen LogP contribution in [0.25, 0.3) is 0 Å². The molecule has 0 radical (unpaired) electrons. The first kappa shape index (κ1) is 12.9. The fourth-order valence-corrected chi connectivity index (χ4v) is 3.35. The SMILES string of the molecule is CC1CCC(C)C(N2CC(C(C)C(=O)O)C2)C1. The Morgan fingerprint density at radius 2 is 1.94 bits per heavy atom. The van der Waals surface area contributed by atoms with Crippen LogP contribution in [0.2, 0.25) is 0 Å². The van der Waals surface area contributed by atoms with Crippen LogP contribution in [0.4, 0.5) is 0 Å². The Morgan fingerprint density at radius 3 is 2.53 bits per heavy atom. The Labute approximate surface area is 104 Å². The van der Waals surface area contributed by atoms with Crippen LogP contribution in [0.5, 0.6) is 0 Å². The molecule has 3 heteroatoms. The van der Waals surface area contributed by atoms with E-state index in [1.165, 1.54) is 19.3 Å². The zero-order valence-corrected chi connectivity index (χ0v) is 11.2. The minimum Gasteiger partial charge on any atom is -0.481 e. The van der Waals surface area contributed by atoms with E-state index < -0.39 is 5.97 Å². The summed E-state index contributed by atoms with van der Waals surface area (Å²) in [7, 11) is 0. The third kappa shape index (κ3) is 2.65. The van der Waals surface area contributed by atoms with Crippen molar-refractivity contribution in [3.05, 3.63) is 0 Å². The molecule has 1 saturated carbocycles. The molecular weight excluding hydrogens is 214 g/mol. The molecule has 1 heterocycles. The first-order valence-electron chi connectivity index (χ1n) is 6.96. The van der Waals surface area contributed by atoms with Gasteiger partial charge in [-0.2, -0.15) is 0 Å². The van der Waals surface area contributed by atoms with E-state index in [0.717, 1.165) is 24.9 Å². The van der Waals surface area contributed by atoms with Gasteiger partial charge in [-0.1, -0.05) is 27.2 Å². The molecule has 4 atom stereocenters. The van der Waals surface area contributed by atoms with Gasteiger partial charge in [-0.15, -0.1) is 0 Å². The third-order valence-electron chi connectivity index (χ3n) is 4.92. The van der Waals surface area contributed by atoms with Gasteiger partial charge in [0, 0.05) is 19.1 Å². The minimum atomic E-state index is -0.639. The molecule has 0 aromatic heterocycles. The lowest BCUT2D eigenvalue weighted by molar-refractivity contribution is -0.146. The number of carboxylic acids is 1. The Kier molecular flexibility index (Phi) is 3.76. The molecule has 2 fully saturated rings. The van der Waals surface area contributed by atoms with Crippen LogP contribution in [0.15, 0.2) is 0 Å². The molecule has 98 valence electrons. The molecule has 1 aliphatic heterocycles. The molecule has 0 spiro atoms. The molecule has 2 rings (SSSR count). The zero-order chi connectivity index (χ0) is 12.6. The van der Waals surface area contributed by atoms with Crippen molar-refractivity contribution in [2.75, 3.05) is 13.1 Å². The largest absolute Gasteiger partial charge is 0.481 e. The molecule has 0 amide bonds. The highest BCUT2D eigenvalue weighted by atomic mass is 16.4. The second-order valence-corrected chi connectivity index (χ2v) is 6.30. The fraction of sp³-hybridized carbons (Fsp3) is 0.929. The minimum absolute atomic E-state index is 0.178. The van der Waals surface area contributed by atoms with Gasteiger partial charge in [-0.25, -0.2) is 0 Å². The maximum absolute atomic E-state index is 10.9. The number of hydrogen-bond donors (Lipinski definition) is 1. The molecule has 3 nitrogen and oxygen atoms in total. The van der Waals surface area contributed by atoms with Crippen molar-refractivity contribution in [1.29, 1.82) is 0 Å². The van der Waals surface area contributed by atoms with E-state index in [1.807, 2.05) is 6.92 Å². The van der Waals surface area contributed by atoms with Gasteiger partial charge in [0.2, 0.25) is 0 Å². The molecule has 1 N–H and O–H groups in total. The van der Waals surface area contributed by atoms with Crippen LogP contribution in [-0.4, -0.2) is 35.1 Å². The molecule has 17 heavy (non-hydrogen) atoms. The topological polar surface area (TPSA) is 40.5 Å². The summed E-state index contributed by atoms with van der Waals surface area (Å²) in [5, 5.41) is 8.99. The molecule has 1 saturated heterocycles. The molecule has 4 unspecified atom stereocenters. The summed E-state index contributed by atoms with van der Waals surface area (Å²) in [5.74, 6) is 1.18. The van der Waals surface area contributed by atoms with Crippen LogP contribution in [0.3, 0.4) is 0 Å². The van der Waals surface area contributed by atoms with E-state index in [-0.39, 0.29) is 5.92 Å². The monoisotopic (exact) mass is 239 g/mol. The lowest BCUT2D eigenvalue weighted by atomic mass is 9.76. The van der Waals surface area contributed by atoms with Crippen molar-refractivity contribution in [3.8, 4) is 0 Å². The normalized spacial score (nSPS) is 37.5. The van der Waals surface area contributed by atoms with E-state index in [2.05, 4.69) is 18.7 Å². The molecule has 2 aliphatic rings. The maximum Gasteiger partial charge on any atom is 0.306 e. The van der Waals surface area contributed by atoms with Gasteiger partial charge in [0.05, 0.1) is 5.92 Å². The number of carbonyl (C=O) groups is 1. The first-order valence-corrected chi connectivity index (χ1v) is 6.96. The van der Waals surface area contributed by atoms with E-state index in [4.69, 9.17) is 5.11 Å². The van der Waals surface area contributed by atoms with Crippen molar-refractivity contribution < 1.29 is 9.90 Å². The van der Waals surface area contributed by atoms with E-state index >= 15 is 0 Å². The predicted octanol–water partition coefficient (Wildman–Crippen LogP) is 2.46. The number of rotatable bonds is 3. The average Bonchev–Trinajstić information content (AvgIpc) is 2.20. The van der Waals surface area contributed by atoms with E-state index in [9.17, 15) is 4.79 Å². The predicted molar refractivity (Wildman–Crippen MR) is 67.8 cm³/mol. The Hall–Kier alpha value is -0.570. The lowest BCUT2D eigenvalue weighted by Crippen LogP contribution is -2.57. The standard InChI is InChI=1S/C14H25NO2/c1-9-4-5-10(2)13(6-9)15-7-12(8-15)11(3)14(16)17/h9-13H,4-8H2,1-3H3,(H,16,17). The Balaban J connectivity index is 1.84. The Bertz CT molecular complexity index is 286. The average molecular weight is 239 g/mol. The summed E-state index contributed by atoms with van der Waals surface area (Å²) in [6, 6.07) is 0.705. The van der Waals surface area contributed by atoms with Crippen LogP contribution in [0, 0.1) is 23.7 Å². The number of carboxylic acid groups (broad SMARTS) is 1. The summed E-state index contributed by atoms with van der Waals surface area (Å²) in [5.41, 5.74) is 0. The number of aliphatic carboxylic acids is 1. The highest BCUT2D eigenvalue weighted by Gasteiger charge is 2.40. The molecule has 0 bridgehead atoms. The first-order chi connectivity index (χ1) is 7.99. The second-order valence-electron chi connectivity index (χ2n) is 6.30. The van der Waals surface area contributed by atoms with Gasteiger partial charge >= 0.3 is 5.97 Å². The second kappa shape index (κ2) is 4.97. The van der Waals surface area contributed by atoms with Gasteiger partial charge in [0.15, 0.2) is 0 Å². The lowest BCUT2D eigenvalue weighted by Gasteiger charge is -2.50. The highest BCUT2D eigenvalue weighted by Crippen LogP contribution is 2.36. The van der Waals surface area contributed by atoms with Crippen molar-refractivity contribution in [3.63, 3.8) is 0 Å². The highest BCUT2D eigenvalue weighted by molar-refractivity contribution is 5.70. The molecule has 0 aromatic carbocycles. The molecular formula is C14H25NO2. The summed E-state index contributed by atoms with van der Waals surface area (Å²) < 4.78 is 0. The van der Waals surface area contributed by atoms with Crippen molar-refractivity contribution >= 4 is 5.97 Å². The van der Waals surface area contributed by atoms with E-state index in [1.54, 1.807) is 0 Å². The van der Waals surface area contributed by atoms with Gasteiger partial charge in [0.25, 0.3) is 0 Å². The van der Waals surface area contributed by atoms with Crippen molar-refractivity contribution in [2.24, 2.45) is 23.7 Å². The van der Waals surface area contributed by atoms with Gasteiger partial charge in [-0.05, 0) is 30.6 Å². The number of nitrogens with zero attached hydrogens (tertiary/aromatic N) is 1. The Morgan fingerprint density at radius 1 is 1.29 bits per heavy atom. The van der Waals surface area contributed by atoms with Gasteiger partial charge in [0.1, 0.15) is 0 Å². The smallest absolute Gasteiger partial charge is 0.306 e. The van der Waals surface area contributed by atoms with Gasteiger partial charge in [-0.3, -0.25) is 9.69 Å². The van der Waals surface area contributed by atoms with Crippen molar-refractivity contribution in [2.45, 2.75) is 46.1 Å². The number of likely N-dealkylation sites (tertiary alicyclic amines) is 1. The number of hydrogen-bond acceptors (Lipinski definition) is 2. The van der Waals surface area contributed by atoms with Crippen LogP contribution in [0.1, 0.15) is 40.0 Å². The van der Waals surface area contributed by atoms with E-state index in [0.29, 0.717) is 12.0 Å². The van der Waals surface area contributed by atoms with Gasteiger partial charge < -0.3 is 5.11 Å². The van der Waals surface area contributed by atoms with Crippen LogP contribution < -0.4 is 0 Å². The summed E-state index contributed by atoms with van der Waals surface area (Å²) in [6.45, 7) is 8.53. The fourth-order valence-electron chi connectivity index (χ4n) is 3.35. The maximum atomic E-state index is 10.9. The van der Waals surface area contributed by atoms with Crippen LogP contribution >= 0.6 is 0 Å².